The van der Waals surface area contributed by atoms with Crippen LogP contribution < -0.4 is 5.73 Å². The van der Waals surface area contributed by atoms with Gasteiger partial charge in [0.15, 0.2) is 0 Å². The Hall–Kier alpha value is -0.280. The maximum Gasteiger partial charge on any atom is 0.308 e. The molecule has 0 heterocycles. The number of hydrogen-bond acceptors (Lipinski definition) is 3. The average Bonchev–Trinajstić information content (AvgIpc) is 2.06. The molecule has 1 aliphatic rings. The molecule has 0 aromatic rings. The van der Waals surface area contributed by atoms with Crippen LogP contribution in [0.15, 0.2) is 0 Å². The molecule has 0 atom stereocenters. The molecule has 0 bridgehead atoms. The fraction of sp³-hybridized carbons (Fsp3) is 0.889. The molecule has 0 unspecified atom stereocenters. The topological polar surface area (TPSA) is 52.3 Å². The standard InChI is InChI=1S/C9H17NO2.ClH/c1-2-12-9(11)7-3-5-8(10)6-4-7;/h7-8H,2-6,10H2,1H3;1H. The van der Waals surface area contributed by atoms with Gasteiger partial charge in [-0.25, -0.2) is 0 Å². The molecule has 0 saturated heterocycles. The van der Waals surface area contributed by atoms with Crippen molar-refractivity contribution in [2.75, 3.05) is 6.61 Å². The summed E-state index contributed by atoms with van der Waals surface area (Å²) in [5.41, 5.74) is 5.72. The zero-order chi connectivity index (χ0) is 8.97. The molecule has 0 amide bonds. The molecule has 0 aromatic carbocycles. The van der Waals surface area contributed by atoms with Crippen molar-refractivity contribution < 1.29 is 9.53 Å². The van der Waals surface area contributed by atoms with Crippen LogP contribution in [-0.2, 0) is 9.53 Å². The van der Waals surface area contributed by atoms with Gasteiger partial charge in [0.05, 0.1) is 12.5 Å². The smallest absolute Gasteiger partial charge is 0.308 e. The van der Waals surface area contributed by atoms with Crippen LogP contribution in [0, 0.1) is 5.92 Å². The van der Waals surface area contributed by atoms with Gasteiger partial charge in [-0.05, 0) is 32.6 Å². The highest BCUT2D eigenvalue weighted by atomic mass is 35.5. The van der Waals surface area contributed by atoms with E-state index in [9.17, 15) is 4.79 Å². The van der Waals surface area contributed by atoms with Crippen molar-refractivity contribution in [2.24, 2.45) is 11.7 Å². The zero-order valence-corrected chi connectivity index (χ0v) is 8.81. The number of halogens is 1. The van der Waals surface area contributed by atoms with Crippen LogP contribution in [0.2, 0.25) is 0 Å². The van der Waals surface area contributed by atoms with Gasteiger partial charge in [0.2, 0.25) is 0 Å². The molecule has 1 saturated carbocycles. The Morgan fingerprint density at radius 1 is 1.38 bits per heavy atom. The van der Waals surface area contributed by atoms with E-state index >= 15 is 0 Å². The van der Waals surface area contributed by atoms with E-state index < -0.39 is 0 Å². The van der Waals surface area contributed by atoms with Gasteiger partial charge in [0.25, 0.3) is 0 Å². The Kier molecular flexibility index (Phi) is 6.08. The molecular formula is C9H18ClNO2. The lowest BCUT2D eigenvalue weighted by Crippen LogP contribution is -2.30. The van der Waals surface area contributed by atoms with E-state index in [1.807, 2.05) is 6.92 Å². The normalized spacial score (nSPS) is 27.5. The van der Waals surface area contributed by atoms with Crippen LogP contribution in [-0.4, -0.2) is 18.6 Å². The van der Waals surface area contributed by atoms with Gasteiger partial charge in [0, 0.05) is 6.04 Å². The van der Waals surface area contributed by atoms with E-state index in [4.69, 9.17) is 10.5 Å². The minimum Gasteiger partial charge on any atom is -0.466 e. The maximum atomic E-state index is 11.2. The monoisotopic (exact) mass is 207 g/mol. The number of ether oxygens (including phenoxy) is 1. The zero-order valence-electron chi connectivity index (χ0n) is 7.99. The molecule has 13 heavy (non-hydrogen) atoms. The summed E-state index contributed by atoms with van der Waals surface area (Å²) in [5.74, 6) is 0.0779. The maximum absolute atomic E-state index is 11.2. The minimum atomic E-state index is -0.0376. The first-order valence-electron chi connectivity index (χ1n) is 4.66. The van der Waals surface area contributed by atoms with Crippen molar-refractivity contribution in [1.29, 1.82) is 0 Å². The van der Waals surface area contributed by atoms with Crippen molar-refractivity contribution in [2.45, 2.75) is 38.6 Å². The number of rotatable bonds is 2. The van der Waals surface area contributed by atoms with Gasteiger partial charge in [-0.2, -0.15) is 0 Å². The highest BCUT2D eigenvalue weighted by Gasteiger charge is 2.25. The number of hydrogen-bond donors (Lipinski definition) is 1. The molecule has 0 aliphatic heterocycles. The van der Waals surface area contributed by atoms with E-state index in [-0.39, 0.29) is 24.3 Å². The first-order chi connectivity index (χ1) is 5.74. The van der Waals surface area contributed by atoms with Gasteiger partial charge < -0.3 is 10.5 Å². The van der Waals surface area contributed by atoms with Crippen molar-refractivity contribution in [3.63, 3.8) is 0 Å². The Morgan fingerprint density at radius 2 is 1.92 bits per heavy atom. The third kappa shape index (κ3) is 3.96. The molecule has 0 aromatic heterocycles. The quantitative estimate of drug-likeness (QED) is 0.699. The molecule has 0 spiro atoms. The highest BCUT2D eigenvalue weighted by molar-refractivity contribution is 5.85. The first kappa shape index (κ1) is 12.7. The first-order valence-corrected chi connectivity index (χ1v) is 4.66. The van der Waals surface area contributed by atoms with E-state index in [0.717, 1.165) is 25.7 Å². The number of nitrogens with two attached hydrogens (primary N) is 1. The van der Waals surface area contributed by atoms with Crippen LogP contribution in [0.25, 0.3) is 0 Å². The lowest BCUT2D eigenvalue weighted by atomic mass is 9.86. The van der Waals surface area contributed by atoms with Gasteiger partial charge in [0.1, 0.15) is 0 Å². The number of carbonyl (C=O) groups excluding carboxylic acids is 1. The third-order valence-corrected chi connectivity index (χ3v) is 2.39. The summed E-state index contributed by atoms with van der Waals surface area (Å²) in [6.07, 6.45) is 3.73. The van der Waals surface area contributed by atoms with Crippen molar-refractivity contribution in [1.82, 2.24) is 0 Å². The van der Waals surface area contributed by atoms with E-state index in [1.54, 1.807) is 0 Å². The van der Waals surface area contributed by atoms with Crippen LogP contribution >= 0.6 is 12.4 Å². The van der Waals surface area contributed by atoms with E-state index in [1.165, 1.54) is 0 Å². The van der Waals surface area contributed by atoms with Crippen molar-refractivity contribution in [3.05, 3.63) is 0 Å². The molecule has 2 N–H and O–H groups in total. The molecule has 3 nitrogen and oxygen atoms in total. The Balaban J connectivity index is 0.00000144. The fourth-order valence-electron chi connectivity index (χ4n) is 1.62. The van der Waals surface area contributed by atoms with Crippen LogP contribution in [0.1, 0.15) is 32.6 Å². The lowest BCUT2D eigenvalue weighted by molar-refractivity contribution is -0.149. The number of esters is 1. The summed E-state index contributed by atoms with van der Waals surface area (Å²) >= 11 is 0. The van der Waals surface area contributed by atoms with Gasteiger partial charge in [-0.3, -0.25) is 4.79 Å². The number of carbonyl (C=O) groups is 1. The molecule has 78 valence electrons. The van der Waals surface area contributed by atoms with E-state index in [0.29, 0.717) is 12.6 Å². The second-order valence-corrected chi connectivity index (χ2v) is 3.36. The Bertz CT molecular complexity index is 156. The summed E-state index contributed by atoms with van der Waals surface area (Å²) in [4.78, 5) is 11.2. The molecular weight excluding hydrogens is 190 g/mol. The lowest BCUT2D eigenvalue weighted by Gasteiger charge is -2.24. The average molecular weight is 208 g/mol. The Labute approximate surface area is 85.4 Å². The largest absolute Gasteiger partial charge is 0.466 e. The fourth-order valence-corrected chi connectivity index (χ4v) is 1.62. The predicted octanol–water partition coefficient (Wildman–Crippen LogP) is 1.49. The highest BCUT2D eigenvalue weighted by Crippen LogP contribution is 2.23. The minimum absolute atomic E-state index is 0. The summed E-state index contributed by atoms with van der Waals surface area (Å²) in [5, 5.41) is 0. The predicted molar refractivity (Wildman–Crippen MR) is 53.8 cm³/mol. The second-order valence-electron chi connectivity index (χ2n) is 3.36. The summed E-state index contributed by atoms with van der Waals surface area (Å²) in [6, 6.07) is 0.302. The second kappa shape index (κ2) is 6.22. The molecule has 1 rings (SSSR count). The van der Waals surface area contributed by atoms with Crippen LogP contribution in [0.3, 0.4) is 0 Å². The summed E-state index contributed by atoms with van der Waals surface area (Å²) < 4.78 is 4.94. The van der Waals surface area contributed by atoms with E-state index in [2.05, 4.69) is 0 Å². The third-order valence-electron chi connectivity index (χ3n) is 2.39. The van der Waals surface area contributed by atoms with Crippen LogP contribution in [0.4, 0.5) is 0 Å². The van der Waals surface area contributed by atoms with Gasteiger partial charge >= 0.3 is 5.97 Å². The van der Waals surface area contributed by atoms with Gasteiger partial charge in [-0.15, -0.1) is 12.4 Å². The molecule has 1 fully saturated rings. The molecule has 4 heteroatoms. The molecule has 0 radical (unpaired) electrons. The SMILES string of the molecule is CCOC(=O)C1CCC(N)CC1.Cl. The Morgan fingerprint density at radius 3 is 2.38 bits per heavy atom. The summed E-state index contributed by atoms with van der Waals surface area (Å²) in [6.45, 7) is 2.33. The summed E-state index contributed by atoms with van der Waals surface area (Å²) in [7, 11) is 0. The molecule has 1 aliphatic carbocycles. The van der Waals surface area contributed by atoms with Crippen LogP contribution in [0.5, 0.6) is 0 Å². The van der Waals surface area contributed by atoms with Gasteiger partial charge in [-0.1, -0.05) is 0 Å². The van der Waals surface area contributed by atoms with Crippen molar-refractivity contribution in [3.8, 4) is 0 Å². The van der Waals surface area contributed by atoms with Crippen molar-refractivity contribution >= 4 is 18.4 Å².